The minimum atomic E-state index is -4.42. The van der Waals surface area contributed by atoms with Gasteiger partial charge in [0.25, 0.3) is 0 Å². The summed E-state index contributed by atoms with van der Waals surface area (Å²) in [5, 5.41) is 2.70. The van der Waals surface area contributed by atoms with Gasteiger partial charge in [0.2, 0.25) is 11.8 Å². The van der Waals surface area contributed by atoms with E-state index in [0.29, 0.717) is 18.4 Å². The van der Waals surface area contributed by atoms with E-state index < -0.39 is 23.7 Å². The highest BCUT2D eigenvalue weighted by Gasteiger charge is 2.31. The molecule has 0 radical (unpaired) electrons. The van der Waals surface area contributed by atoms with Crippen molar-refractivity contribution in [3.63, 3.8) is 0 Å². The van der Waals surface area contributed by atoms with Crippen molar-refractivity contribution in [3.05, 3.63) is 35.4 Å². The van der Waals surface area contributed by atoms with Gasteiger partial charge in [-0.15, -0.1) is 0 Å². The van der Waals surface area contributed by atoms with Gasteiger partial charge in [-0.05, 0) is 24.1 Å². The molecular formula is C16H21F3N2O2. The first-order valence-electron chi connectivity index (χ1n) is 7.33. The summed E-state index contributed by atoms with van der Waals surface area (Å²) in [6.07, 6.45) is -3.22. The monoisotopic (exact) mass is 330 g/mol. The van der Waals surface area contributed by atoms with Crippen molar-refractivity contribution >= 4 is 11.8 Å². The molecule has 0 aliphatic heterocycles. The van der Waals surface area contributed by atoms with Gasteiger partial charge in [0.15, 0.2) is 0 Å². The molecule has 0 spiro atoms. The molecule has 0 aromatic heterocycles. The normalized spacial score (nSPS) is 12.6. The largest absolute Gasteiger partial charge is 0.416 e. The third kappa shape index (κ3) is 5.92. The Balaban J connectivity index is 2.90. The molecule has 0 aliphatic rings. The van der Waals surface area contributed by atoms with Gasteiger partial charge in [-0.3, -0.25) is 9.59 Å². The Morgan fingerprint density at radius 3 is 2.48 bits per heavy atom. The van der Waals surface area contributed by atoms with Crippen LogP contribution >= 0.6 is 0 Å². The van der Waals surface area contributed by atoms with Crippen LogP contribution in [-0.2, 0) is 15.8 Å². The Hall–Kier alpha value is -2.05. The van der Waals surface area contributed by atoms with Crippen LogP contribution < -0.4 is 5.32 Å². The number of hydrogen-bond donors (Lipinski definition) is 1. The molecule has 1 aromatic carbocycles. The van der Waals surface area contributed by atoms with Gasteiger partial charge in [0, 0.05) is 14.0 Å². The Kier molecular flexibility index (Phi) is 6.60. The molecule has 23 heavy (non-hydrogen) atoms. The fourth-order valence-electron chi connectivity index (χ4n) is 2.11. The van der Waals surface area contributed by atoms with Gasteiger partial charge >= 0.3 is 6.18 Å². The summed E-state index contributed by atoms with van der Waals surface area (Å²) in [7, 11) is 1.49. The lowest BCUT2D eigenvalue weighted by Crippen LogP contribution is -2.39. The molecule has 1 aromatic rings. The van der Waals surface area contributed by atoms with Crippen LogP contribution in [-0.4, -0.2) is 30.3 Å². The molecule has 4 nitrogen and oxygen atoms in total. The van der Waals surface area contributed by atoms with Gasteiger partial charge < -0.3 is 10.2 Å². The topological polar surface area (TPSA) is 49.4 Å². The Morgan fingerprint density at radius 2 is 1.96 bits per heavy atom. The van der Waals surface area contributed by atoms with Crippen molar-refractivity contribution in [2.75, 3.05) is 13.6 Å². The number of alkyl halides is 3. The van der Waals surface area contributed by atoms with E-state index in [1.54, 1.807) is 6.07 Å². The van der Waals surface area contributed by atoms with E-state index in [1.807, 2.05) is 6.92 Å². The molecule has 0 saturated carbocycles. The Bertz CT molecular complexity index is 559. The average molecular weight is 330 g/mol. The molecular weight excluding hydrogens is 309 g/mol. The van der Waals surface area contributed by atoms with Crippen LogP contribution in [0.25, 0.3) is 0 Å². The second kappa shape index (κ2) is 7.99. The summed E-state index contributed by atoms with van der Waals surface area (Å²) in [6, 6.07) is 4.42. The van der Waals surface area contributed by atoms with E-state index in [1.165, 1.54) is 24.9 Å². The van der Waals surface area contributed by atoms with E-state index in [9.17, 15) is 22.8 Å². The zero-order valence-corrected chi connectivity index (χ0v) is 13.4. The van der Waals surface area contributed by atoms with Gasteiger partial charge in [-0.2, -0.15) is 13.2 Å². The maximum Gasteiger partial charge on any atom is 0.416 e. The fourth-order valence-corrected chi connectivity index (χ4v) is 2.11. The van der Waals surface area contributed by atoms with E-state index >= 15 is 0 Å². The molecule has 7 heteroatoms. The number of benzene rings is 1. The van der Waals surface area contributed by atoms with Crippen LogP contribution in [0.2, 0.25) is 0 Å². The second-order valence-electron chi connectivity index (χ2n) is 5.41. The highest BCUT2D eigenvalue weighted by Crippen LogP contribution is 2.31. The quantitative estimate of drug-likeness (QED) is 0.871. The van der Waals surface area contributed by atoms with E-state index in [2.05, 4.69) is 5.32 Å². The van der Waals surface area contributed by atoms with Gasteiger partial charge in [0.1, 0.15) is 0 Å². The first kappa shape index (κ1) is 19.0. The zero-order valence-electron chi connectivity index (χ0n) is 13.4. The predicted molar refractivity (Wildman–Crippen MR) is 80.5 cm³/mol. The van der Waals surface area contributed by atoms with Crippen molar-refractivity contribution in [2.45, 2.75) is 38.9 Å². The first-order chi connectivity index (χ1) is 10.6. The van der Waals surface area contributed by atoms with Crippen molar-refractivity contribution in [2.24, 2.45) is 0 Å². The molecule has 0 fully saturated rings. The highest BCUT2D eigenvalue weighted by atomic mass is 19.4. The summed E-state index contributed by atoms with van der Waals surface area (Å²) >= 11 is 0. The van der Waals surface area contributed by atoms with E-state index in [4.69, 9.17) is 0 Å². The van der Waals surface area contributed by atoms with Gasteiger partial charge in [0.05, 0.1) is 18.2 Å². The zero-order chi connectivity index (χ0) is 17.6. The number of amides is 2. The van der Waals surface area contributed by atoms with Crippen LogP contribution in [0.1, 0.15) is 43.9 Å². The van der Waals surface area contributed by atoms with Crippen LogP contribution in [0.15, 0.2) is 24.3 Å². The fraction of sp³-hybridized carbons (Fsp3) is 0.500. The SMILES string of the molecule is CCC[C@@H](NC(=O)CN(C)C(C)=O)c1cccc(C(F)(F)F)c1. The van der Waals surface area contributed by atoms with Crippen molar-refractivity contribution in [1.29, 1.82) is 0 Å². The number of nitrogens with one attached hydrogen (secondary N) is 1. The summed E-state index contributed by atoms with van der Waals surface area (Å²) in [4.78, 5) is 24.3. The van der Waals surface area contributed by atoms with Crippen LogP contribution in [0.5, 0.6) is 0 Å². The summed E-state index contributed by atoms with van der Waals surface area (Å²) in [6.45, 7) is 3.09. The smallest absolute Gasteiger partial charge is 0.348 e. The lowest BCUT2D eigenvalue weighted by atomic mass is 10.00. The number of nitrogens with zero attached hydrogens (tertiary/aromatic N) is 1. The molecule has 0 bridgehead atoms. The minimum Gasteiger partial charge on any atom is -0.348 e. The van der Waals surface area contributed by atoms with Crippen LogP contribution in [0, 0.1) is 0 Å². The molecule has 2 amide bonds. The minimum absolute atomic E-state index is 0.130. The summed E-state index contributed by atoms with van der Waals surface area (Å²) in [5.41, 5.74) is -0.341. The molecule has 1 N–H and O–H groups in total. The number of likely N-dealkylation sites (N-methyl/N-ethyl adjacent to an activating group) is 1. The number of halogens is 3. The third-order valence-electron chi connectivity index (χ3n) is 3.45. The maximum atomic E-state index is 12.8. The lowest BCUT2D eigenvalue weighted by molar-refractivity contribution is -0.137. The summed E-state index contributed by atoms with van der Waals surface area (Å²) < 4.78 is 38.4. The summed E-state index contributed by atoms with van der Waals surface area (Å²) in [5.74, 6) is -0.662. The number of rotatable bonds is 6. The number of carbonyl (C=O) groups is 2. The standard InChI is InChI=1S/C16H21F3N2O2/c1-4-6-14(20-15(23)10-21(3)11(2)22)12-7-5-8-13(9-12)16(17,18)19/h5,7-9,14H,4,6,10H2,1-3H3,(H,20,23)/t14-/m1/s1. The highest BCUT2D eigenvalue weighted by molar-refractivity contribution is 5.83. The number of carbonyl (C=O) groups excluding carboxylic acids is 2. The van der Waals surface area contributed by atoms with Gasteiger partial charge in [-0.25, -0.2) is 0 Å². The lowest BCUT2D eigenvalue weighted by Gasteiger charge is -2.22. The third-order valence-corrected chi connectivity index (χ3v) is 3.45. The molecule has 0 unspecified atom stereocenters. The number of hydrogen-bond acceptors (Lipinski definition) is 2. The predicted octanol–water partition coefficient (Wildman–Crippen LogP) is 3.14. The maximum absolute atomic E-state index is 12.8. The molecule has 0 saturated heterocycles. The van der Waals surface area contributed by atoms with Crippen molar-refractivity contribution in [3.8, 4) is 0 Å². The Labute approximate surface area is 133 Å². The molecule has 0 heterocycles. The van der Waals surface area contributed by atoms with Crippen LogP contribution in [0.4, 0.5) is 13.2 Å². The Morgan fingerprint density at radius 1 is 1.30 bits per heavy atom. The first-order valence-corrected chi connectivity index (χ1v) is 7.33. The van der Waals surface area contributed by atoms with E-state index in [0.717, 1.165) is 12.1 Å². The van der Waals surface area contributed by atoms with Crippen molar-refractivity contribution in [1.82, 2.24) is 10.2 Å². The molecule has 0 aliphatic carbocycles. The van der Waals surface area contributed by atoms with Crippen LogP contribution in [0.3, 0.4) is 0 Å². The molecule has 1 atom stereocenters. The van der Waals surface area contributed by atoms with Gasteiger partial charge in [-0.1, -0.05) is 25.5 Å². The van der Waals surface area contributed by atoms with E-state index in [-0.39, 0.29) is 12.5 Å². The van der Waals surface area contributed by atoms with Crippen molar-refractivity contribution < 1.29 is 22.8 Å². The second-order valence-corrected chi connectivity index (χ2v) is 5.41. The molecule has 128 valence electrons. The average Bonchev–Trinajstić information content (AvgIpc) is 2.45. The molecule has 1 rings (SSSR count).